The van der Waals surface area contributed by atoms with Gasteiger partial charge in [-0.1, -0.05) is 98.3 Å². The Kier molecular flexibility index (Phi) is 21.3. The second-order valence-corrected chi connectivity index (χ2v) is 12.6. The first-order valence-corrected chi connectivity index (χ1v) is 15.7. The van der Waals surface area contributed by atoms with Crippen molar-refractivity contribution >= 4 is 13.6 Å². The molecule has 3 N–H and O–H groups in total. The maximum absolute atomic E-state index is 12.2. The quantitative estimate of drug-likeness (QED) is 0.0812. The van der Waals surface area contributed by atoms with Gasteiger partial charge in [0, 0.05) is 19.6 Å². The van der Waals surface area contributed by atoms with E-state index >= 15 is 0 Å². The maximum Gasteiger partial charge on any atom is 0.332 e. The summed E-state index contributed by atoms with van der Waals surface area (Å²) in [6.07, 6.45) is 15.4. The number of carbonyl (C=O) groups is 1. The molecule has 5 unspecified atom stereocenters. The molecule has 0 aromatic carbocycles. The van der Waals surface area contributed by atoms with E-state index in [1.165, 1.54) is 70.6 Å². The van der Waals surface area contributed by atoms with E-state index in [4.69, 9.17) is 19.7 Å². The van der Waals surface area contributed by atoms with Crippen LogP contribution in [-0.4, -0.2) is 49.0 Å². The SMILES string of the molecule is CCCCCCCCCCCCC(C)CC(C)COCC(COP(=O)(O)C(C)CN)OC(=O)CC. The highest BCUT2D eigenvalue weighted by Gasteiger charge is 2.29. The number of ether oxygens (including phenoxy) is 2. The van der Waals surface area contributed by atoms with E-state index in [0.29, 0.717) is 18.4 Å². The standard InChI is InChI=1S/C27H56NO6P/c1-6-8-9-10-11-12-13-14-15-16-17-23(3)18-24(4)20-32-21-26(34-27(29)7-2)22-33-35(30,31)25(5)19-28/h23-26H,6-22,28H2,1-5H3,(H,30,31). The first kappa shape index (κ1) is 34.5. The van der Waals surface area contributed by atoms with Crippen LogP contribution in [-0.2, 0) is 23.4 Å². The lowest BCUT2D eigenvalue weighted by atomic mass is 9.93. The average molecular weight is 522 g/mol. The van der Waals surface area contributed by atoms with Gasteiger partial charge in [0.25, 0.3) is 0 Å². The van der Waals surface area contributed by atoms with Crippen LogP contribution in [0.15, 0.2) is 0 Å². The molecule has 0 amide bonds. The third-order valence-corrected chi connectivity index (χ3v) is 8.34. The van der Waals surface area contributed by atoms with Crippen molar-refractivity contribution in [2.24, 2.45) is 17.6 Å². The smallest absolute Gasteiger partial charge is 0.332 e. The fourth-order valence-electron chi connectivity index (χ4n) is 4.09. The number of carbonyl (C=O) groups excluding carboxylic acids is 1. The van der Waals surface area contributed by atoms with Gasteiger partial charge in [-0.3, -0.25) is 9.36 Å². The Morgan fingerprint density at radius 3 is 1.97 bits per heavy atom. The van der Waals surface area contributed by atoms with Crippen LogP contribution >= 0.6 is 7.60 Å². The minimum Gasteiger partial charge on any atom is -0.457 e. The van der Waals surface area contributed by atoms with Crippen LogP contribution in [0.5, 0.6) is 0 Å². The van der Waals surface area contributed by atoms with Crippen LogP contribution < -0.4 is 5.73 Å². The predicted octanol–water partition coefficient (Wildman–Crippen LogP) is 6.85. The van der Waals surface area contributed by atoms with Gasteiger partial charge in [-0.15, -0.1) is 0 Å². The van der Waals surface area contributed by atoms with Gasteiger partial charge in [0.15, 0.2) is 0 Å². The van der Waals surface area contributed by atoms with Gasteiger partial charge >= 0.3 is 13.6 Å². The fraction of sp³-hybridized carbons (Fsp3) is 0.963. The van der Waals surface area contributed by atoms with Crippen molar-refractivity contribution in [1.82, 2.24) is 0 Å². The minimum absolute atomic E-state index is 0.0402. The van der Waals surface area contributed by atoms with Crippen molar-refractivity contribution < 1.29 is 28.3 Å². The molecule has 0 heterocycles. The zero-order chi connectivity index (χ0) is 26.5. The molecule has 0 aromatic heterocycles. The number of nitrogens with two attached hydrogens (primary N) is 1. The zero-order valence-electron chi connectivity index (χ0n) is 23.3. The number of hydrogen-bond donors (Lipinski definition) is 2. The third kappa shape index (κ3) is 19.3. The van der Waals surface area contributed by atoms with E-state index in [1.807, 2.05) is 0 Å². The van der Waals surface area contributed by atoms with Crippen molar-refractivity contribution in [2.75, 3.05) is 26.4 Å². The molecule has 0 radical (unpaired) electrons. The number of rotatable bonds is 24. The Balaban J connectivity index is 4.10. The first-order valence-electron chi connectivity index (χ1n) is 14.1. The number of hydrogen-bond acceptors (Lipinski definition) is 6. The fourth-order valence-corrected chi connectivity index (χ4v) is 4.99. The molecule has 0 aliphatic carbocycles. The second-order valence-electron chi connectivity index (χ2n) is 10.4. The first-order chi connectivity index (χ1) is 16.7. The predicted molar refractivity (Wildman–Crippen MR) is 145 cm³/mol. The van der Waals surface area contributed by atoms with E-state index in [1.54, 1.807) is 13.8 Å². The summed E-state index contributed by atoms with van der Waals surface area (Å²) in [7, 11) is -3.86. The molecule has 0 saturated heterocycles. The summed E-state index contributed by atoms with van der Waals surface area (Å²) in [6, 6.07) is 0. The van der Waals surface area contributed by atoms with Gasteiger partial charge in [0.2, 0.25) is 0 Å². The lowest BCUT2D eigenvalue weighted by molar-refractivity contribution is -0.154. The highest BCUT2D eigenvalue weighted by Crippen LogP contribution is 2.46. The molecule has 35 heavy (non-hydrogen) atoms. The van der Waals surface area contributed by atoms with Crippen molar-refractivity contribution in [1.29, 1.82) is 0 Å². The van der Waals surface area contributed by atoms with E-state index in [0.717, 1.165) is 6.42 Å². The van der Waals surface area contributed by atoms with Gasteiger partial charge in [0.1, 0.15) is 6.10 Å². The Morgan fingerprint density at radius 2 is 1.43 bits per heavy atom. The molecule has 0 spiro atoms. The molecule has 0 saturated carbocycles. The van der Waals surface area contributed by atoms with Crippen molar-refractivity contribution in [2.45, 2.75) is 130 Å². The molecule has 0 rings (SSSR count). The molecule has 0 fully saturated rings. The van der Waals surface area contributed by atoms with Crippen LogP contribution in [0.3, 0.4) is 0 Å². The van der Waals surface area contributed by atoms with Crippen LogP contribution in [0.25, 0.3) is 0 Å². The Labute approximate surface area is 215 Å². The Morgan fingerprint density at radius 1 is 0.857 bits per heavy atom. The maximum atomic E-state index is 12.2. The average Bonchev–Trinajstić information content (AvgIpc) is 2.82. The summed E-state index contributed by atoms with van der Waals surface area (Å²) < 4.78 is 28.5. The molecule has 5 atom stereocenters. The van der Waals surface area contributed by atoms with Gasteiger partial charge in [-0.25, -0.2) is 0 Å². The summed E-state index contributed by atoms with van der Waals surface area (Å²) >= 11 is 0. The molecule has 0 bridgehead atoms. The summed E-state index contributed by atoms with van der Waals surface area (Å²) in [5, 5.41) is 0. The Bertz CT molecular complexity index is 562. The largest absolute Gasteiger partial charge is 0.457 e. The lowest BCUT2D eigenvalue weighted by Gasteiger charge is -2.23. The van der Waals surface area contributed by atoms with Crippen LogP contribution in [0.4, 0.5) is 0 Å². The van der Waals surface area contributed by atoms with E-state index in [9.17, 15) is 14.3 Å². The Hall–Kier alpha value is -0.460. The lowest BCUT2D eigenvalue weighted by Crippen LogP contribution is -2.30. The van der Waals surface area contributed by atoms with Gasteiger partial charge < -0.3 is 24.6 Å². The monoisotopic (exact) mass is 521 g/mol. The molecular weight excluding hydrogens is 465 g/mol. The van der Waals surface area contributed by atoms with Crippen LogP contribution in [0.1, 0.15) is 118 Å². The number of esters is 1. The molecule has 210 valence electrons. The highest BCUT2D eigenvalue weighted by atomic mass is 31.2. The van der Waals surface area contributed by atoms with Gasteiger partial charge in [-0.2, -0.15) is 0 Å². The van der Waals surface area contributed by atoms with Crippen molar-refractivity contribution in [3.8, 4) is 0 Å². The molecule has 0 aliphatic rings. The summed E-state index contributed by atoms with van der Waals surface area (Å²) in [4.78, 5) is 21.7. The molecular formula is C27H56NO6P. The van der Waals surface area contributed by atoms with Crippen LogP contribution in [0, 0.1) is 11.8 Å². The molecule has 0 aliphatic heterocycles. The van der Waals surface area contributed by atoms with E-state index in [2.05, 4.69) is 20.8 Å². The highest BCUT2D eigenvalue weighted by molar-refractivity contribution is 7.53. The summed E-state index contributed by atoms with van der Waals surface area (Å²) in [5.41, 5.74) is 4.80. The van der Waals surface area contributed by atoms with Crippen molar-refractivity contribution in [3.63, 3.8) is 0 Å². The van der Waals surface area contributed by atoms with Crippen LogP contribution in [0.2, 0.25) is 0 Å². The molecule has 0 aromatic rings. The van der Waals surface area contributed by atoms with E-state index in [-0.39, 0.29) is 32.1 Å². The minimum atomic E-state index is -3.86. The van der Waals surface area contributed by atoms with Crippen molar-refractivity contribution in [3.05, 3.63) is 0 Å². The van der Waals surface area contributed by atoms with Gasteiger partial charge in [-0.05, 0) is 25.2 Å². The topological polar surface area (TPSA) is 108 Å². The molecule has 8 heteroatoms. The van der Waals surface area contributed by atoms with E-state index < -0.39 is 19.4 Å². The third-order valence-electron chi connectivity index (χ3n) is 6.49. The molecule has 7 nitrogen and oxygen atoms in total. The second kappa shape index (κ2) is 21.6. The normalized spacial score (nSPS) is 16.9. The zero-order valence-corrected chi connectivity index (χ0v) is 24.2. The summed E-state index contributed by atoms with van der Waals surface area (Å²) in [6.45, 7) is 10.5. The number of unbranched alkanes of at least 4 members (excludes halogenated alkanes) is 9. The summed E-state index contributed by atoms with van der Waals surface area (Å²) in [5.74, 6) is 0.649. The van der Waals surface area contributed by atoms with Gasteiger partial charge in [0.05, 0.1) is 18.9 Å².